The van der Waals surface area contributed by atoms with E-state index in [1.165, 1.54) is 88.7 Å². The lowest BCUT2D eigenvalue weighted by molar-refractivity contribution is 0.223. The zero-order valence-corrected chi connectivity index (χ0v) is 16.5. The average Bonchev–Trinajstić information content (AvgIpc) is 3.32. The van der Waals surface area contributed by atoms with Gasteiger partial charge < -0.3 is 9.47 Å². The Bertz CT molecular complexity index is 653. The van der Waals surface area contributed by atoms with Crippen molar-refractivity contribution in [3.63, 3.8) is 0 Å². The molecule has 5 nitrogen and oxygen atoms in total. The van der Waals surface area contributed by atoms with E-state index in [1.54, 1.807) is 0 Å². The van der Waals surface area contributed by atoms with Crippen molar-refractivity contribution >= 4 is 12.4 Å². The van der Waals surface area contributed by atoms with Crippen LogP contribution in [-0.2, 0) is 6.54 Å². The lowest BCUT2D eigenvalue weighted by atomic mass is 9.96. The molecule has 6 heteroatoms. The van der Waals surface area contributed by atoms with Crippen LogP contribution >= 0.6 is 12.4 Å². The summed E-state index contributed by atoms with van der Waals surface area (Å²) in [6.45, 7) is 4.81. The SMILES string of the molecule is Cl.c1nn(C2CCCCC2)cc1-c1cncn1CCCN1CCCCC1. The predicted octanol–water partition coefficient (Wildman–Crippen LogP) is 4.55. The summed E-state index contributed by atoms with van der Waals surface area (Å²) < 4.78 is 4.49. The molecule has 0 radical (unpaired) electrons. The molecular weight excluding hydrogens is 346 g/mol. The predicted molar refractivity (Wildman–Crippen MR) is 108 cm³/mol. The summed E-state index contributed by atoms with van der Waals surface area (Å²) in [5.74, 6) is 0. The third kappa shape index (κ3) is 4.68. The molecule has 2 aromatic heterocycles. The van der Waals surface area contributed by atoms with Crippen LogP contribution in [0, 0.1) is 0 Å². The topological polar surface area (TPSA) is 38.9 Å². The summed E-state index contributed by atoms with van der Waals surface area (Å²) >= 11 is 0. The second-order valence-electron chi connectivity index (χ2n) is 7.73. The Kier molecular flexibility index (Phi) is 7.15. The molecule has 2 aromatic rings. The van der Waals surface area contributed by atoms with Crippen LogP contribution in [0.5, 0.6) is 0 Å². The summed E-state index contributed by atoms with van der Waals surface area (Å²) in [6.07, 6.45) is 20.2. The maximum absolute atomic E-state index is 4.66. The highest BCUT2D eigenvalue weighted by Gasteiger charge is 2.17. The number of hydrogen-bond donors (Lipinski definition) is 0. The first-order valence-electron chi connectivity index (χ1n) is 10.2. The number of halogens is 1. The fraction of sp³-hybridized carbons (Fsp3) is 0.700. The average molecular weight is 378 g/mol. The van der Waals surface area contributed by atoms with Crippen LogP contribution in [-0.4, -0.2) is 43.9 Å². The second kappa shape index (κ2) is 9.56. The van der Waals surface area contributed by atoms with Crippen molar-refractivity contribution in [2.45, 2.75) is 70.4 Å². The highest BCUT2D eigenvalue weighted by Crippen LogP contribution is 2.29. The first-order chi connectivity index (χ1) is 12.4. The third-order valence-electron chi connectivity index (χ3n) is 5.88. The molecule has 3 heterocycles. The van der Waals surface area contributed by atoms with Crippen LogP contribution in [0.4, 0.5) is 0 Å². The van der Waals surface area contributed by atoms with Crippen LogP contribution in [0.2, 0.25) is 0 Å². The van der Waals surface area contributed by atoms with E-state index in [2.05, 4.69) is 30.4 Å². The van der Waals surface area contributed by atoms with Crippen LogP contribution in [0.3, 0.4) is 0 Å². The first-order valence-corrected chi connectivity index (χ1v) is 10.2. The zero-order chi connectivity index (χ0) is 16.9. The van der Waals surface area contributed by atoms with E-state index in [0.29, 0.717) is 6.04 Å². The van der Waals surface area contributed by atoms with Gasteiger partial charge >= 0.3 is 0 Å². The maximum atomic E-state index is 4.66. The van der Waals surface area contributed by atoms with Gasteiger partial charge in [-0.15, -0.1) is 12.4 Å². The minimum Gasteiger partial charge on any atom is -0.330 e. The van der Waals surface area contributed by atoms with E-state index in [9.17, 15) is 0 Å². The van der Waals surface area contributed by atoms with Gasteiger partial charge in [-0.05, 0) is 51.7 Å². The Hall–Kier alpha value is -1.33. The van der Waals surface area contributed by atoms with Crippen LogP contribution in [0.15, 0.2) is 24.9 Å². The van der Waals surface area contributed by atoms with E-state index in [0.717, 1.165) is 6.54 Å². The van der Waals surface area contributed by atoms with E-state index in [4.69, 9.17) is 0 Å². The standard InChI is InChI=1S/C20H31N5.ClH/c1-3-8-19(9-4-1)25-16-18(14-22-25)20-15-21-17-24(20)13-7-12-23-10-5-2-6-11-23;/h14-17,19H,1-13H2;1H. The number of rotatable bonds is 6. The van der Waals surface area contributed by atoms with Crippen LogP contribution in [0.25, 0.3) is 11.3 Å². The fourth-order valence-electron chi connectivity index (χ4n) is 4.40. The first kappa shape index (κ1) is 19.4. The molecule has 4 rings (SSSR count). The van der Waals surface area contributed by atoms with Crippen LogP contribution in [0.1, 0.15) is 63.8 Å². The second-order valence-corrected chi connectivity index (χ2v) is 7.73. The summed E-state index contributed by atoms with van der Waals surface area (Å²) in [7, 11) is 0. The molecule has 2 aliphatic rings. The summed E-state index contributed by atoms with van der Waals surface area (Å²) in [6, 6.07) is 0.595. The van der Waals surface area contributed by atoms with Crippen molar-refractivity contribution < 1.29 is 0 Å². The molecule has 144 valence electrons. The molecule has 0 N–H and O–H groups in total. The van der Waals surface area contributed by atoms with Crippen molar-refractivity contribution in [2.75, 3.05) is 19.6 Å². The van der Waals surface area contributed by atoms with E-state index in [1.807, 2.05) is 18.7 Å². The summed E-state index contributed by atoms with van der Waals surface area (Å²) in [4.78, 5) is 7.01. The number of hydrogen-bond acceptors (Lipinski definition) is 3. The highest BCUT2D eigenvalue weighted by atomic mass is 35.5. The highest BCUT2D eigenvalue weighted by molar-refractivity contribution is 5.85. The Morgan fingerprint density at radius 1 is 0.923 bits per heavy atom. The Balaban J connectivity index is 0.00000196. The Morgan fingerprint density at radius 3 is 2.50 bits per heavy atom. The maximum Gasteiger partial charge on any atom is 0.0950 e. The molecule has 1 saturated carbocycles. The van der Waals surface area contributed by atoms with Gasteiger partial charge in [0.15, 0.2) is 0 Å². The molecule has 0 spiro atoms. The largest absolute Gasteiger partial charge is 0.330 e. The van der Waals surface area contributed by atoms with Crippen molar-refractivity contribution in [3.05, 3.63) is 24.9 Å². The molecule has 0 unspecified atom stereocenters. The normalized spacial score (nSPS) is 19.4. The van der Waals surface area contributed by atoms with Crippen molar-refractivity contribution in [1.82, 2.24) is 24.2 Å². The minimum atomic E-state index is 0. The van der Waals surface area contributed by atoms with Gasteiger partial charge in [-0.25, -0.2) is 4.98 Å². The number of piperidine rings is 1. The minimum absolute atomic E-state index is 0. The molecule has 1 aliphatic heterocycles. The Labute approximate surface area is 163 Å². The quantitative estimate of drug-likeness (QED) is 0.741. The number of nitrogens with zero attached hydrogens (tertiary/aromatic N) is 5. The van der Waals surface area contributed by atoms with Gasteiger partial charge in [0, 0.05) is 18.3 Å². The molecule has 0 aromatic carbocycles. The molecule has 0 atom stereocenters. The lowest BCUT2D eigenvalue weighted by Crippen LogP contribution is -2.31. The molecule has 1 aliphatic carbocycles. The number of aryl methyl sites for hydroxylation is 1. The van der Waals surface area contributed by atoms with Gasteiger partial charge in [0.05, 0.1) is 30.5 Å². The van der Waals surface area contributed by atoms with Crippen LogP contribution < -0.4 is 0 Å². The fourth-order valence-corrected chi connectivity index (χ4v) is 4.40. The van der Waals surface area contributed by atoms with Gasteiger partial charge in [0.1, 0.15) is 0 Å². The van der Waals surface area contributed by atoms with E-state index >= 15 is 0 Å². The van der Waals surface area contributed by atoms with Gasteiger partial charge in [0.2, 0.25) is 0 Å². The van der Waals surface area contributed by atoms with E-state index in [-0.39, 0.29) is 12.4 Å². The summed E-state index contributed by atoms with van der Waals surface area (Å²) in [5.41, 5.74) is 2.42. The lowest BCUT2D eigenvalue weighted by Gasteiger charge is -2.26. The molecule has 26 heavy (non-hydrogen) atoms. The molecular formula is C20H32ClN5. The third-order valence-corrected chi connectivity index (χ3v) is 5.88. The molecule has 0 amide bonds. The van der Waals surface area contributed by atoms with Crippen molar-refractivity contribution in [3.8, 4) is 11.3 Å². The van der Waals surface area contributed by atoms with E-state index < -0.39 is 0 Å². The number of imidazole rings is 1. The molecule has 1 saturated heterocycles. The Morgan fingerprint density at radius 2 is 1.69 bits per heavy atom. The van der Waals surface area contributed by atoms with Gasteiger partial charge in [-0.1, -0.05) is 25.7 Å². The molecule has 2 fully saturated rings. The molecule has 0 bridgehead atoms. The zero-order valence-electron chi connectivity index (χ0n) is 15.7. The smallest absolute Gasteiger partial charge is 0.0950 e. The van der Waals surface area contributed by atoms with Gasteiger partial charge in [-0.3, -0.25) is 4.68 Å². The van der Waals surface area contributed by atoms with Gasteiger partial charge in [0.25, 0.3) is 0 Å². The number of aromatic nitrogens is 4. The van der Waals surface area contributed by atoms with Gasteiger partial charge in [-0.2, -0.15) is 5.10 Å². The monoisotopic (exact) mass is 377 g/mol. The van der Waals surface area contributed by atoms with Crippen molar-refractivity contribution in [2.24, 2.45) is 0 Å². The van der Waals surface area contributed by atoms with Crippen molar-refractivity contribution in [1.29, 1.82) is 0 Å². The number of likely N-dealkylation sites (tertiary alicyclic amines) is 1. The summed E-state index contributed by atoms with van der Waals surface area (Å²) in [5, 5.41) is 4.66.